The van der Waals surface area contributed by atoms with Gasteiger partial charge in [0.15, 0.2) is 0 Å². The molecule has 1 heterocycles. The third-order valence-corrected chi connectivity index (χ3v) is 3.84. The molecule has 0 unspecified atom stereocenters. The van der Waals surface area contributed by atoms with Crippen LogP contribution in [0.4, 0.5) is 0 Å². The summed E-state index contributed by atoms with van der Waals surface area (Å²) in [5.41, 5.74) is 6.12. The Labute approximate surface area is 127 Å². The van der Waals surface area contributed by atoms with E-state index in [1.54, 1.807) is 7.11 Å². The molecule has 0 spiro atoms. The van der Waals surface area contributed by atoms with Gasteiger partial charge >= 0.3 is 0 Å². The Bertz CT molecular complexity index is 617. The van der Waals surface area contributed by atoms with Gasteiger partial charge in [0.2, 0.25) is 0 Å². The van der Waals surface area contributed by atoms with Crippen LogP contribution in [0.25, 0.3) is 11.1 Å². The van der Waals surface area contributed by atoms with E-state index >= 15 is 0 Å². The van der Waals surface area contributed by atoms with Crippen molar-refractivity contribution in [2.75, 3.05) is 14.2 Å². The van der Waals surface area contributed by atoms with E-state index in [0.717, 1.165) is 30.8 Å². The van der Waals surface area contributed by atoms with Gasteiger partial charge in [-0.3, -0.25) is 4.68 Å². The monoisotopic (exact) mass is 287 g/mol. The number of ether oxygens (including phenoxy) is 1. The second-order valence-corrected chi connectivity index (χ2v) is 5.16. The molecule has 0 aliphatic heterocycles. The van der Waals surface area contributed by atoms with Gasteiger partial charge in [0.05, 0.1) is 12.8 Å². The Morgan fingerprint density at radius 1 is 1.24 bits per heavy atom. The molecule has 1 aromatic heterocycles. The molecule has 0 fully saturated rings. The molecule has 0 atom stereocenters. The lowest BCUT2D eigenvalue weighted by Crippen LogP contribution is -2.07. The molecule has 4 heteroatoms. The first kappa shape index (κ1) is 15.6. The van der Waals surface area contributed by atoms with Gasteiger partial charge in [0.25, 0.3) is 0 Å². The van der Waals surface area contributed by atoms with E-state index in [1.807, 2.05) is 24.8 Å². The standard InChI is InChI=1S/C17H25N3O/c1-6-14-17(15(7-2)20(4)19-14)12-8-9-16(21-5)13(10-12)11-18-3/h8-10,18H,6-7,11H2,1-5H3. The van der Waals surface area contributed by atoms with Crippen molar-refractivity contribution in [3.63, 3.8) is 0 Å². The fourth-order valence-corrected chi connectivity index (χ4v) is 2.87. The van der Waals surface area contributed by atoms with Crippen LogP contribution in [-0.2, 0) is 26.4 Å². The van der Waals surface area contributed by atoms with Crippen LogP contribution in [0.5, 0.6) is 5.75 Å². The maximum atomic E-state index is 5.45. The molecule has 0 aliphatic carbocycles. The van der Waals surface area contributed by atoms with Crippen molar-refractivity contribution < 1.29 is 4.74 Å². The van der Waals surface area contributed by atoms with Crippen molar-refractivity contribution in [3.05, 3.63) is 35.2 Å². The van der Waals surface area contributed by atoms with Crippen LogP contribution in [0.15, 0.2) is 18.2 Å². The van der Waals surface area contributed by atoms with E-state index in [4.69, 9.17) is 4.74 Å². The molecule has 0 radical (unpaired) electrons. The van der Waals surface area contributed by atoms with Crippen molar-refractivity contribution in [2.45, 2.75) is 33.2 Å². The third kappa shape index (κ3) is 2.95. The Hall–Kier alpha value is -1.81. The fraction of sp³-hybridized carbons (Fsp3) is 0.471. The minimum absolute atomic E-state index is 0.792. The Morgan fingerprint density at radius 2 is 2.00 bits per heavy atom. The zero-order valence-corrected chi connectivity index (χ0v) is 13.7. The van der Waals surface area contributed by atoms with Crippen molar-refractivity contribution in [2.24, 2.45) is 7.05 Å². The molecule has 1 N–H and O–H groups in total. The number of methoxy groups -OCH3 is 1. The second-order valence-electron chi connectivity index (χ2n) is 5.16. The predicted molar refractivity (Wildman–Crippen MR) is 86.7 cm³/mol. The minimum Gasteiger partial charge on any atom is -0.496 e. The second kappa shape index (κ2) is 6.76. The number of benzene rings is 1. The molecule has 1 aromatic carbocycles. The first-order valence-electron chi connectivity index (χ1n) is 7.52. The van der Waals surface area contributed by atoms with Crippen molar-refractivity contribution >= 4 is 0 Å². The first-order chi connectivity index (χ1) is 10.2. The number of rotatable bonds is 6. The highest BCUT2D eigenvalue weighted by molar-refractivity contribution is 5.70. The van der Waals surface area contributed by atoms with Gasteiger partial charge in [-0.2, -0.15) is 5.10 Å². The SMILES string of the molecule is CCc1nn(C)c(CC)c1-c1ccc(OC)c(CNC)c1. The molecule has 0 amide bonds. The summed E-state index contributed by atoms with van der Waals surface area (Å²) in [5, 5.41) is 7.86. The fourth-order valence-electron chi connectivity index (χ4n) is 2.87. The smallest absolute Gasteiger partial charge is 0.123 e. The summed E-state index contributed by atoms with van der Waals surface area (Å²) in [6, 6.07) is 6.39. The number of nitrogens with one attached hydrogen (secondary N) is 1. The molecule has 0 saturated heterocycles. The Kier molecular flexibility index (Phi) is 5.02. The maximum Gasteiger partial charge on any atom is 0.123 e. The minimum atomic E-state index is 0.792. The van der Waals surface area contributed by atoms with Crippen LogP contribution in [-0.4, -0.2) is 23.9 Å². The van der Waals surface area contributed by atoms with Gasteiger partial charge in [0, 0.05) is 30.4 Å². The van der Waals surface area contributed by atoms with Gasteiger partial charge in [-0.1, -0.05) is 19.9 Å². The molecular weight excluding hydrogens is 262 g/mol. The molecule has 0 aliphatic rings. The molecule has 0 saturated carbocycles. The lowest BCUT2D eigenvalue weighted by atomic mass is 9.98. The summed E-state index contributed by atoms with van der Waals surface area (Å²) in [4.78, 5) is 0. The maximum absolute atomic E-state index is 5.45. The average Bonchev–Trinajstić information content (AvgIpc) is 2.83. The lowest BCUT2D eigenvalue weighted by Gasteiger charge is -2.12. The third-order valence-electron chi connectivity index (χ3n) is 3.84. The van der Waals surface area contributed by atoms with E-state index in [2.05, 4.69) is 36.4 Å². The zero-order chi connectivity index (χ0) is 15.4. The van der Waals surface area contributed by atoms with Gasteiger partial charge in [-0.05, 0) is 37.6 Å². The quantitative estimate of drug-likeness (QED) is 0.888. The summed E-state index contributed by atoms with van der Waals surface area (Å²) in [6.45, 7) is 5.13. The van der Waals surface area contributed by atoms with E-state index in [1.165, 1.54) is 22.4 Å². The highest BCUT2D eigenvalue weighted by Crippen LogP contribution is 2.32. The summed E-state index contributed by atoms with van der Waals surface area (Å²) in [7, 11) is 5.69. The topological polar surface area (TPSA) is 39.1 Å². The van der Waals surface area contributed by atoms with E-state index in [-0.39, 0.29) is 0 Å². The van der Waals surface area contributed by atoms with E-state index in [0.29, 0.717) is 0 Å². The predicted octanol–water partition coefficient (Wildman–Crippen LogP) is 2.94. The summed E-state index contributed by atoms with van der Waals surface area (Å²) < 4.78 is 7.46. The van der Waals surface area contributed by atoms with Crippen molar-refractivity contribution in [1.82, 2.24) is 15.1 Å². The zero-order valence-electron chi connectivity index (χ0n) is 13.7. The average molecular weight is 287 g/mol. The molecule has 114 valence electrons. The van der Waals surface area contributed by atoms with Gasteiger partial charge in [-0.25, -0.2) is 0 Å². The first-order valence-corrected chi connectivity index (χ1v) is 7.52. The summed E-state index contributed by atoms with van der Waals surface area (Å²) in [5.74, 6) is 0.924. The Morgan fingerprint density at radius 3 is 2.57 bits per heavy atom. The van der Waals surface area contributed by atoms with Gasteiger partial charge in [0.1, 0.15) is 5.75 Å². The van der Waals surface area contributed by atoms with Crippen LogP contribution < -0.4 is 10.1 Å². The van der Waals surface area contributed by atoms with Gasteiger partial charge < -0.3 is 10.1 Å². The Balaban J connectivity index is 2.58. The van der Waals surface area contributed by atoms with E-state index < -0.39 is 0 Å². The normalized spacial score (nSPS) is 10.9. The van der Waals surface area contributed by atoms with Crippen LogP contribution in [0.1, 0.15) is 30.8 Å². The summed E-state index contributed by atoms with van der Waals surface area (Å²) in [6.07, 6.45) is 1.92. The van der Waals surface area contributed by atoms with Crippen LogP contribution in [0.3, 0.4) is 0 Å². The number of nitrogens with zero attached hydrogens (tertiary/aromatic N) is 2. The highest BCUT2D eigenvalue weighted by atomic mass is 16.5. The molecule has 4 nitrogen and oxygen atoms in total. The number of hydrogen-bond acceptors (Lipinski definition) is 3. The number of aryl methyl sites for hydroxylation is 2. The van der Waals surface area contributed by atoms with Crippen LogP contribution in [0, 0.1) is 0 Å². The lowest BCUT2D eigenvalue weighted by molar-refractivity contribution is 0.408. The van der Waals surface area contributed by atoms with Crippen molar-refractivity contribution in [3.8, 4) is 16.9 Å². The van der Waals surface area contributed by atoms with Crippen molar-refractivity contribution in [1.29, 1.82) is 0 Å². The molecule has 21 heavy (non-hydrogen) atoms. The molecule has 2 aromatic rings. The van der Waals surface area contributed by atoms with E-state index in [9.17, 15) is 0 Å². The molecule has 0 bridgehead atoms. The molecular formula is C17H25N3O. The van der Waals surface area contributed by atoms with Crippen LogP contribution in [0.2, 0.25) is 0 Å². The highest BCUT2D eigenvalue weighted by Gasteiger charge is 2.16. The largest absolute Gasteiger partial charge is 0.496 e. The summed E-state index contributed by atoms with van der Waals surface area (Å²) >= 11 is 0. The molecule has 2 rings (SSSR count). The number of hydrogen-bond donors (Lipinski definition) is 1. The van der Waals surface area contributed by atoms with Crippen LogP contribution >= 0.6 is 0 Å². The van der Waals surface area contributed by atoms with Gasteiger partial charge in [-0.15, -0.1) is 0 Å². The number of aromatic nitrogens is 2.